The second-order valence-electron chi connectivity index (χ2n) is 10.2. The molecule has 0 amide bonds. The molecule has 0 aliphatic carbocycles. The lowest BCUT2D eigenvalue weighted by Crippen LogP contribution is -2.65. The van der Waals surface area contributed by atoms with E-state index in [9.17, 15) is 4.80 Å². The van der Waals surface area contributed by atoms with Crippen molar-refractivity contribution in [2.75, 3.05) is 13.2 Å². The van der Waals surface area contributed by atoms with E-state index in [1.165, 1.54) is 51.4 Å². The summed E-state index contributed by atoms with van der Waals surface area (Å²) < 4.78 is 11.4. The van der Waals surface area contributed by atoms with Gasteiger partial charge in [-0.1, -0.05) is 113 Å². The number of ether oxygens (including phenoxy) is 2. The molecule has 1 unspecified atom stereocenters. The van der Waals surface area contributed by atoms with Crippen molar-refractivity contribution in [3.05, 3.63) is 60.7 Å². The van der Waals surface area contributed by atoms with Crippen molar-refractivity contribution in [1.82, 2.24) is 0 Å². The number of unbranched alkanes of at least 4 members (excludes halogenated alkanes) is 6. The van der Waals surface area contributed by atoms with Gasteiger partial charge in [0, 0.05) is 13.2 Å². The minimum atomic E-state index is -2.86. The van der Waals surface area contributed by atoms with Crippen LogP contribution in [0.3, 0.4) is 0 Å². The van der Waals surface area contributed by atoms with Crippen LogP contribution in [0.5, 0.6) is 0 Å². The Labute approximate surface area is 202 Å². The predicted octanol–water partition coefficient (Wildman–Crippen LogP) is 6.18. The van der Waals surface area contributed by atoms with E-state index in [0.29, 0.717) is 0 Å². The van der Waals surface area contributed by atoms with E-state index >= 15 is 0 Å². The maximum atomic E-state index is 12.2. The standard InChI is InChI=1S/C29H44O3Si/c1-29(2,33(30,26-18-10-8-11-19-26)27-20-12-9-13-21-27)23-15-6-4-3-5-7-16-24-31-28-22-14-17-25-32-28/h8-13,18-21,28,30H,3-7,14-17,22-25H2,1-2H3. The van der Waals surface area contributed by atoms with E-state index in [1.807, 2.05) is 12.1 Å². The zero-order chi connectivity index (χ0) is 23.4. The highest BCUT2D eigenvalue weighted by Crippen LogP contribution is 2.40. The molecule has 1 heterocycles. The topological polar surface area (TPSA) is 38.7 Å². The predicted molar refractivity (Wildman–Crippen MR) is 141 cm³/mol. The third kappa shape index (κ3) is 7.51. The van der Waals surface area contributed by atoms with Crippen LogP contribution in [0.15, 0.2) is 60.7 Å². The molecule has 1 saturated heterocycles. The minimum Gasteiger partial charge on any atom is -0.424 e. The van der Waals surface area contributed by atoms with Gasteiger partial charge >= 0.3 is 0 Å². The molecule has 0 aromatic heterocycles. The molecular weight excluding hydrogens is 424 g/mol. The number of rotatable bonds is 14. The molecule has 1 aliphatic rings. The summed E-state index contributed by atoms with van der Waals surface area (Å²) in [5.41, 5.74) is 0. The fraction of sp³-hybridized carbons (Fsp3) is 0.586. The first-order valence-electron chi connectivity index (χ1n) is 13.1. The molecular formula is C29H44O3Si. The Morgan fingerprint density at radius 3 is 1.91 bits per heavy atom. The first-order chi connectivity index (χ1) is 16.0. The summed E-state index contributed by atoms with van der Waals surface area (Å²) in [6.07, 6.45) is 13.2. The van der Waals surface area contributed by atoms with Crippen LogP contribution in [0.25, 0.3) is 0 Å². The van der Waals surface area contributed by atoms with Crippen molar-refractivity contribution in [2.24, 2.45) is 0 Å². The normalized spacial score (nSPS) is 17.2. The summed E-state index contributed by atoms with van der Waals surface area (Å²) >= 11 is 0. The maximum Gasteiger partial charge on any atom is 0.258 e. The Kier molecular flexibility index (Phi) is 10.6. The fourth-order valence-electron chi connectivity index (χ4n) is 5.10. The Morgan fingerprint density at radius 2 is 1.36 bits per heavy atom. The van der Waals surface area contributed by atoms with Gasteiger partial charge in [0.1, 0.15) is 0 Å². The van der Waals surface area contributed by atoms with Crippen molar-refractivity contribution in [3.8, 4) is 0 Å². The molecule has 2 aromatic rings. The zero-order valence-electron chi connectivity index (χ0n) is 20.8. The van der Waals surface area contributed by atoms with Crippen LogP contribution < -0.4 is 10.4 Å². The molecule has 182 valence electrons. The summed E-state index contributed by atoms with van der Waals surface area (Å²) in [6.45, 7) is 6.24. The van der Waals surface area contributed by atoms with Gasteiger partial charge in [-0.25, -0.2) is 0 Å². The summed E-state index contributed by atoms with van der Waals surface area (Å²) in [4.78, 5) is 12.2. The molecule has 0 saturated carbocycles. The number of hydrogen-bond acceptors (Lipinski definition) is 3. The van der Waals surface area contributed by atoms with Gasteiger partial charge in [0.2, 0.25) is 0 Å². The van der Waals surface area contributed by atoms with E-state index < -0.39 is 8.32 Å². The minimum absolute atomic E-state index is 0.0519. The summed E-state index contributed by atoms with van der Waals surface area (Å²) in [5, 5.41) is 2.10. The molecule has 0 bridgehead atoms. The summed E-state index contributed by atoms with van der Waals surface area (Å²) in [7, 11) is -2.86. The molecule has 3 nitrogen and oxygen atoms in total. The van der Waals surface area contributed by atoms with E-state index in [-0.39, 0.29) is 11.3 Å². The van der Waals surface area contributed by atoms with E-state index in [4.69, 9.17) is 9.47 Å². The summed E-state index contributed by atoms with van der Waals surface area (Å²) in [6, 6.07) is 20.8. The van der Waals surface area contributed by atoms with Gasteiger partial charge in [-0.15, -0.1) is 0 Å². The molecule has 3 rings (SSSR count). The Balaban J connectivity index is 1.38. The van der Waals surface area contributed by atoms with E-state index in [1.54, 1.807) is 0 Å². The molecule has 1 atom stereocenters. The number of benzene rings is 2. The van der Waals surface area contributed by atoms with Crippen molar-refractivity contribution in [2.45, 2.75) is 95.8 Å². The molecule has 0 radical (unpaired) electrons. The van der Waals surface area contributed by atoms with Gasteiger partial charge in [-0.05, 0) is 47.5 Å². The fourth-order valence-corrected chi connectivity index (χ4v) is 8.88. The summed E-state index contributed by atoms with van der Waals surface area (Å²) in [5.74, 6) is 0. The molecule has 0 spiro atoms. The van der Waals surface area contributed by atoms with E-state index in [2.05, 4.69) is 62.4 Å². The first-order valence-corrected chi connectivity index (χ1v) is 15.1. The zero-order valence-corrected chi connectivity index (χ0v) is 21.8. The maximum absolute atomic E-state index is 12.2. The van der Waals surface area contributed by atoms with Crippen LogP contribution in [-0.2, 0) is 9.47 Å². The van der Waals surface area contributed by atoms with Gasteiger partial charge in [-0.2, -0.15) is 0 Å². The average Bonchev–Trinajstić information content (AvgIpc) is 2.86. The highest BCUT2D eigenvalue weighted by molar-refractivity contribution is 6.98. The molecule has 2 aromatic carbocycles. The average molecular weight is 469 g/mol. The van der Waals surface area contributed by atoms with Crippen LogP contribution in [0, 0.1) is 0 Å². The van der Waals surface area contributed by atoms with Crippen molar-refractivity contribution >= 4 is 18.7 Å². The molecule has 1 N–H and O–H groups in total. The second kappa shape index (κ2) is 13.4. The van der Waals surface area contributed by atoms with Crippen LogP contribution in [0.1, 0.15) is 84.5 Å². The van der Waals surface area contributed by atoms with Gasteiger partial charge < -0.3 is 14.3 Å². The SMILES string of the molecule is CC(C)(CCCCCCCCCOC1CCCCO1)[Si](O)(c1ccccc1)c1ccccc1. The number of hydrogen-bond donors (Lipinski definition) is 1. The van der Waals surface area contributed by atoms with Gasteiger partial charge in [0.05, 0.1) is 0 Å². The van der Waals surface area contributed by atoms with Crippen LogP contribution in [0.4, 0.5) is 0 Å². The Morgan fingerprint density at radius 1 is 0.818 bits per heavy atom. The third-order valence-corrected chi connectivity index (χ3v) is 11.8. The van der Waals surface area contributed by atoms with Crippen molar-refractivity contribution < 1.29 is 14.3 Å². The monoisotopic (exact) mass is 468 g/mol. The van der Waals surface area contributed by atoms with Crippen LogP contribution in [0.2, 0.25) is 5.04 Å². The van der Waals surface area contributed by atoms with Gasteiger partial charge in [-0.3, -0.25) is 0 Å². The highest BCUT2D eigenvalue weighted by atomic mass is 28.4. The molecule has 33 heavy (non-hydrogen) atoms. The second-order valence-corrected chi connectivity index (χ2v) is 14.1. The third-order valence-electron chi connectivity index (χ3n) is 7.25. The van der Waals surface area contributed by atoms with Crippen molar-refractivity contribution in [3.63, 3.8) is 0 Å². The lowest BCUT2D eigenvalue weighted by Gasteiger charge is -2.41. The lowest BCUT2D eigenvalue weighted by atomic mass is 10.0. The Bertz CT molecular complexity index is 732. The molecule has 1 fully saturated rings. The van der Waals surface area contributed by atoms with Crippen molar-refractivity contribution in [1.29, 1.82) is 0 Å². The quantitative estimate of drug-likeness (QED) is 0.266. The highest BCUT2D eigenvalue weighted by Gasteiger charge is 2.49. The van der Waals surface area contributed by atoms with Crippen LogP contribution in [-0.4, -0.2) is 32.6 Å². The van der Waals surface area contributed by atoms with Gasteiger partial charge in [0.25, 0.3) is 8.32 Å². The Hall–Kier alpha value is -1.46. The smallest absolute Gasteiger partial charge is 0.258 e. The molecule has 4 heteroatoms. The molecule has 1 aliphatic heterocycles. The van der Waals surface area contributed by atoms with Crippen LogP contribution >= 0.6 is 0 Å². The van der Waals surface area contributed by atoms with E-state index in [0.717, 1.165) is 42.8 Å². The first kappa shape index (κ1) is 26.1. The van der Waals surface area contributed by atoms with Gasteiger partial charge in [0.15, 0.2) is 6.29 Å². The lowest BCUT2D eigenvalue weighted by molar-refractivity contribution is -0.162. The largest absolute Gasteiger partial charge is 0.424 e.